The van der Waals surface area contributed by atoms with Crippen molar-refractivity contribution in [2.24, 2.45) is 5.14 Å². The van der Waals surface area contributed by atoms with Gasteiger partial charge in [-0.1, -0.05) is 30.3 Å². The van der Waals surface area contributed by atoms with Crippen LogP contribution in [0.15, 0.2) is 65.6 Å². The van der Waals surface area contributed by atoms with E-state index in [9.17, 15) is 13.2 Å². The number of benzene rings is 2. The van der Waals surface area contributed by atoms with Crippen molar-refractivity contribution < 1.29 is 13.2 Å². The van der Waals surface area contributed by atoms with E-state index < -0.39 is 10.0 Å². The van der Waals surface area contributed by atoms with Crippen molar-refractivity contribution >= 4 is 15.8 Å². The number of sulfonamides is 1. The van der Waals surface area contributed by atoms with Gasteiger partial charge in [0.1, 0.15) is 0 Å². The summed E-state index contributed by atoms with van der Waals surface area (Å²) in [7, 11) is -3.74. The normalized spacial score (nSPS) is 15.9. The topological polar surface area (TPSA) is 88.6 Å². The van der Waals surface area contributed by atoms with E-state index >= 15 is 0 Å². The van der Waals surface area contributed by atoms with Gasteiger partial charge in [-0.2, -0.15) is 0 Å². The van der Waals surface area contributed by atoms with E-state index in [-0.39, 0.29) is 10.7 Å². The Kier molecular flexibility index (Phi) is 7.33. The van der Waals surface area contributed by atoms with E-state index in [1.165, 1.54) is 17.7 Å². The van der Waals surface area contributed by atoms with E-state index in [4.69, 9.17) is 5.14 Å². The van der Waals surface area contributed by atoms with Crippen LogP contribution in [0.2, 0.25) is 0 Å². The minimum Gasteiger partial charge on any atom is -0.318 e. The van der Waals surface area contributed by atoms with E-state index in [0.29, 0.717) is 12.1 Å². The number of ketones is 1. The molecule has 34 heavy (non-hydrogen) atoms. The van der Waals surface area contributed by atoms with E-state index in [1.54, 1.807) is 12.1 Å². The molecule has 2 heterocycles. The molecule has 0 atom stereocenters. The monoisotopic (exact) mass is 480 g/mol. The average Bonchev–Trinajstić information content (AvgIpc) is 2.95. The fraction of sp³-hybridized carbons (Fsp3) is 0.346. The van der Waals surface area contributed by atoms with Crippen LogP contribution in [0.4, 0.5) is 0 Å². The van der Waals surface area contributed by atoms with Gasteiger partial charge in [0.05, 0.1) is 11.4 Å². The highest BCUT2D eigenvalue weighted by molar-refractivity contribution is 7.89. The summed E-state index contributed by atoms with van der Waals surface area (Å²) in [6.45, 7) is 8.96. The molecule has 4 rings (SSSR count). The van der Waals surface area contributed by atoms with E-state index in [0.717, 1.165) is 56.2 Å². The lowest BCUT2D eigenvalue weighted by atomic mass is 10.1. The number of nitrogens with two attached hydrogens (primary N) is 1. The second kappa shape index (κ2) is 10.2. The predicted octanol–water partition coefficient (Wildman–Crippen LogP) is 3.13. The standard InChI is InChI=1S/C26H32N4O3S/c1-20-17-25(21(2)30(20)23-9-11-24(12-10-23)34(27,32)33)26(31)19-29-14-6-13-28(15-16-29)18-22-7-4-3-5-8-22/h3-5,7-12,17H,6,13-16,18-19H2,1-2H3,(H2,27,32,33). The average molecular weight is 481 g/mol. The second-order valence-corrected chi connectivity index (χ2v) is 10.5. The van der Waals surface area contributed by atoms with Gasteiger partial charge in [-0.05, 0) is 69.3 Å². The molecule has 1 aliphatic heterocycles. The molecule has 180 valence electrons. The van der Waals surface area contributed by atoms with Gasteiger partial charge in [0.15, 0.2) is 5.78 Å². The third kappa shape index (κ3) is 5.64. The van der Waals surface area contributed by atoms with Gasteiger partial charge in [0, 0.05) is 42.3 Å². The van der Waals surface area contributed by atoms with Crippen LogP contribution in [0.5, 0.6) is 0 Å². The molecule has 8 heteroatoms. The molecule has 1 saturated heterocycles. The van der Waals surface area contributed by atoms with Crippen molar-refractivity contribution in [1.82, 2.24) is 14.4 Å². The third-order valence-electron chi connectivity index (χ3n) is 6.45. The van der Waals surface area contributed by atoms with Gasteiger partial charge in [0.25, 0.3) is 0 Å². The summed E-state index contributed by atoms with van der Waals surface area (Å²) in [4.78, 5) is 18.0. The van der Waals surface area contributed by atoms with Crippen LogP contribution in [-0.2, 0) is 16.6 Å². The van der Waals surface area contributed by atoms with Gasteiger partial charge < -0.3 is 4.57 Å². The van der Waals surface area contributed by atoms with Crippen LogP contribution < -0.4 is 5.14 Å². The third-order valence-corrected chi connectivity index (χ3v) is 7.38. The summed E-state index contributed by atoms with van der Waals surface area (Å²) in [5, 5.41) is 5.21. The number of Topliss-reactive ketones (excluding diaryl/α,β-unsaturated/α-hetero) is 1. The van der Waals surface area contributed by atoms with Crippen molar-refractivity contribution in [3.8, 4) is 5.69 Å². The number of aryl methyl sites for hydroxylation is 1. The highest BCUT2D eigenvalue weighted by atomic mass is 32.2. The van der Waals surface area contributed by atoms with Crippen molar-refractivity contribution in [3.05, 3.63) is 83.2 Å². The first-order valence-electron chi connectivity index (χ1n) is 11.6. The Hall–Kier alpha value is -2.78. The van der Waals surface area contributed by atoms with E-state index in [2.05, 4.69) is 34.1 Å². The first-order valence-corrected chi connectivity index (χ1v) is 13.1. The lowest BCUT2D eigenvalue weighted by Gasteiger charge is -2.21. The molecule has 0 unspecified atom stereocenters. The molecule has 3 aromatic rings. The first-order chi connectivity index (χ1) is 16.2. The van der Waals surface area contributed by atoms with Gasteiger partial charge in [-0.3, -0.25) is 14.6 Å². The molecule has 7 nitrogen and oxygen atoms in total. The molecule has 1 aliphatic rings. The van der Waals surface area contributed by atoms with Gasteiger partial charge in [-0.25, -0.2) is 13.6 Å². The quantitative estimate of drug-likeness (QED) is 0.525. The number of carbonyl (C=O) groups excluding carboxylic acids is 1. The molecule has 0 amide bonds. The summed E-state index contributed by atoms with van der Waals surface area (Å²) in [6, 6.07) is 18.8. The fourth-order valence-electron chi connectivity index (χ4n) is 4.70. The highest BCUT2D eigenvalue weighted by Gasteiger charge is 2.21. The second-order valence-electron chi connectivity index (χ2n) is 8.97. The Morgan fingerprint density at radius 1 is 0.912 bits per heavy atom. The number of hydrogen-bond acceptors (Lipinski definition) is 5. The Bertz CT molecular complexity index is 1250. The highest BCUT2D eigenvalue weighted by Crippen LogP contribution is 2.23. The zero-order valence-electron chi connectivity index (χ0n) is 19.8. The zero-order chi connectivity index (χ0) is 24.3. The fourth-order valence-corrected chi connectivity index (χ4v) is 5.21. The Balaban J connectivity index is 1.43. The zero-order valence-corrected chi connectivity index (χ0v) is 20.6. The summed E-state index contributed by atoms with van der Waals surface area (Å²) in [5.41, 5.74) is 4.60. The maximum absolute atomic E-state index is 13.2. The molecule has 0 saturated carbocycles. The summed E-state index contributed by atoms with van der Waals surface area (Å²) in [6.07, 6.45) is 1.04. The van der Waals surface area contributed by atoms with Crippen molar-refractivity contribution in [2.75, 3.05) is 32.7 Å². The summed E-state index contributed by atoms with van der Waals surface area (Å²) in [5.74, 6) is 0.108. The molecule has 0 spiro atoms. The summed E-state index contributed by atoms with van der Waals surface area (Å²) < 4.78 is 25.1. The summed E-state index contributed by atoms with van der Waals surface area (Å²) >= 11 is 0. The maximum Gasteiger partial charge on any atom is 0.238 e. The maximum atomic E-state index is 13.2. The number of carbonyl (C=O) groups is 1. The Morgan fingerprint density at radius 2 is 1.56 bits per heavy atom. The predicted molar refractivity (Wildman–Crippen MR) is 134 cm³/mol. The lowest BCUT2D eigenvalue weighted by molar-refractivity contribution is 0.0932. The number of hydrogen-bond donors (Lipinski definition) is 1. The van der Waals surface area contributed by atoms with Crippen molar-refractivity contribution in [1.29, 1.82) is 0 Å². The number of primary sulfonamides is 1. The largest absolute Gasteiger partial charge is 0.318 e. The molecular formula is C26H32N4O3S. The molecule has 1 fully saturated rings. The smallest absolute Gasteiger partial charge is 0.238 e. The van der Waals surface area contributed by atoms with Crippen LogP contribution in [0.25, 0.3) is 5.69 Å². The molecule has 0 aliphatic carbocycles. The SMILES string of the molecule is Cc1cc(C(=O)CN2CCCN(Cc3ccccc3)CC2)c(C)n1-c1ccc(S(N)(=O)=O)cc1. The molecule has 2 N–H and O–H groups in total. The van der Waals surface area contributed by atoms with E-state index in [1.807, 2.05) is 30.5 Å². The number of rotatable bonds is 7. The van der Waals surface area contributed by atoms with Crippen LogP contribution in [-0.4, -0.2) is 61.3 Å². The number of nitrogens with zero attached hydrogens (tertiary/aromatic N) is 3. The molecule has 0 radical (unpaired) electrons. The van der Waals surface area contributed by atoms with Crippen molar-refractivity contribution in [2.45, 2.75) is 31.7 Å². The van der Waals surface area contributed by atoms with Crippen LogP contribution >= 0.6 is 0 Å². The van der Waals surface area contributed by atoms with Gasteiger partial charge in [0.2, 0.25) is 10.0 Å². The van der Waals surface area contributed by atoms with Crippen LogP contribution in [0.3, 0.4) is 0 Å². The van der Waals surface area contributed by atoms with Crippen LogP contribution in [0, 0.1) is 13.8 Å². The Morgan fingerprint density at radius 3 is 2.24 bits per heavy atom. The Labute approximate surface area is 201 Å². The van der Waals surface area contributed by atoms with Crippen LogP contribution in [0.1, 0.15) is 33.7 Å². The van der Waals surface area contributed by atoms with Crippen molar-refractivity contribution in [3.63, 3.8) is 0 Å². The first kappa shape index (κ1) is 24.3. The minimum atomic E-state index is -3.74. The number of aromatic nitrogens is 1. The minimum absolute atomic E-state index is 0.0671. The van der Waals surface area contributed by atoms with Gasteiger partial charge in [-0.15, -0.1) is 0 Å². The molecule has 0 bridgehead atoms. The van der Waals surface area contributed by atoms with Gasteiger partial charge >= 0.3 is 0 Å². The molecule has 1 aromatic heterocycles. The molecule has 2 aromatic carbocycles. The lowest BCUT2D eigenvalue weighted by Crippen LogP contribution is -2.34. The molecular weight excluding hydrogens is 448 g/mol.